The second-order valence-corrected chi connectivity index (χ2v) is 3.51. The molecule has 1 amide bonds. The minimum absolute atomic E-state index is 0.0470. The summed E-state index contributed by atoms with van der Waals surface area (Å²) in [6.07, 6.45) is 0. The number of ether oxygens (including phenoxy) is 1. The fraction of sp³-hybridized carbons (Fsp3) is 0.364. The van der Waals surface area contributed by atoms with E-state index in [1.165, 1.54) is 19.2 Å². The summed E-state index contributed by atoms with van der Waals surface area (Å²) < 4.78 is 18.1. The van der Waals surface area contributed by atoms with Crippen molar-refractivity contribution < 1.29 is 19.0 Å². The Morgan fingerprint density at radius 1 is 1.62 bits per heavy atom. The molecule has 4 nitrogen and oxygen atoms in total. The molecule has 0 radical (unpaired) electrons. The maximum Gasteiger partial charge on any atom is 0.229 e. The molecule has 88 valence electrons. The molecule has 1 aromatic rings. The topological polar surface area (TPSA) is 58.6 Å². The Hall–Kier alpha value is -1.62. The van der Waals surface area contributed by atoms with Gasteiger partial charge in [0.15, 0.2) is 0 Å². The number of hydrogen-bond donors (Lipinski definition) is 2. The van der Waals surface area contributed by atoms with E-state index in [0.29, 0.717) is 0 Å². The largest absolute Gasteiger partial charge is 0.508 e. The number of amides is 1. The second-order valence-electron chi connectivity index (χ2n) is 3.51. The molecule has 0 bridgehead atoms. The lowest BCUT2D eigenvalue weighted by molar-refractivity contribution is -0.120. The van der Waals surface area contributed by atoms with Crippen molar-refractivity contribution in [1.29, 1.82) is 0 Å². The molecule has 0 saturated carbocycles. The van der Waals surface area contributed by atoms with Crippen molar-refractivity contribution in [2.45, 2.75) is 6.92 Å². The van der Waals surface area contributed by atoms with Crippen molar-refractivity contribution in [1.82, 2.24) is 0 Å². The predicted octanol–water partition coefficient (Wildman–Crippen LogP) is 1.75. The SMILES string of the molecule is COC[C@H](C)C(=O)Nc1ccc(O)cc1F. The van der Waals surface area contributed by atoms with Crippen molar-refractivity contribution in [3.05, 3.63) is 24.0 Å². The molecule has 5 heteroatoms. The number of anilines is 1. The third-order valence-corrected chi connectivity index (χ3v) is 2.07. The van der Waals surface area contributed by atoms with E-state index < -0.39 is 5.82 Å². The molecule has 0 saturated heterocycles. The van der Waals surface area contributed by atoms with Gasteiger partial charge in [0.05, 0.1) is 18.2 Å². The monoisotopic (exact) mass is 227 g/mol. The van der Waals surface area contributed by atoms with Gasteiger partial charge < -0.3 is 15.2 Å². The third-order valence-electron chi connectivity index (χ3n) is 2.07. The number of nitrogens with one attached hydrogen (secondary N) is 1. The van der Waals surface area contributed by atoms with Gasteiger partial charge in [-0.3, -0.25) is 4.79 Å². The molecular weight excluding hydrogens is 213 g/mol. The molecule has 0 aliphatic carbocycles. The highest BCUT2D eigenvalue weighted by Gasteiger charge is 2.14. The highest BCUT2D eigenvalue weighted by atomic mass is 19.1. The summed E-state index contributed by atoms with van der Waals surface area (Å²) in [6, 6.07) is 3.55. The number of halogens is 1. The lowest BCUT2D eigenvalue weighted by Gasteiger charge is -2.11. The van der Waals surface area contributed by atoms with Crippen LogP contribution in [0.1, 0.15) is 6.92 Å². The molecular formula is C11H14FNO3. The maximum atomic E-state index is 13.3. The Kier molecular flexibility index (Phi) is 4.25. The van der Waals surface area contributed by atoms with Gasteiger partial charge >= 0.3 is 0 Å². The van der Waals surface area contributed by atoms with E-state index >= 15 is 0 Å². The molecule has 0 spiro atoms. The molecule has 1 aromatic carbocycles. The van der Waals surface area contributed by atoms with Gasteiger partial charge in [-0.25, -0.2) is 4.39 Å². The maximum absolute atomic E-state index is 13.3. The van der Waals surface area contributed by atoms with E-state index in [9.17, 15) is 9.18 Å². The highest BCUT2D eigenvalue weighted by molar-refractivity contribution is 5.92. The molecule has 1 rings (SSSR count). The van der Waals surface area contributed by atoms with Gasteiger partial charge in [-0.1, -0.05) is 6.92 Å². The molecule has 0 aliphatic heterocycles. The molecule has 0 aliphatic rings. The van der Waals surface area contributed by atoms with Gasteiger partial charge in [0.2, 0.25) is 5.91 Å². The first-order valence-corrected chi connectivity index (χ1v) is 4.83. The minimum Gasteiger partial charge on any atom is -0.508 e. The molecule has 16 heavy (non-hydrogen) atoms. The van der Waals surface area contributed by atoms with Crippen LogP contribution in [0.15, 0.2) is 18.2 Å². The highest BCUT2D eigenvalue weighted by Crippen LogP contribution is 2.19. The van der Waals surface area contributed by atoms with Crippen LogP contribution in [-0.2, 0) is 9.53 Å². The number of phenolic OH excluding ortho intramolecular Hbond substituents is 1. The molecule has 2 N–H and O–H groups in total. The summed E-state index contributed by atoms with van der Waals surface area (Å²) in [7, 11) is 1.49. The summed E-state index contributed by atoms with van der Waals surface area (Å²) in [6.45, 7) is 1.95. The zero-order chi connectivity index (χ0) is 12.1. The van der Waals surface area contributed by atoms with Gasteiger partial charge in [-0.05, 0) is 12.1 Å². The van der Waals surface area contributed by atoms with Crippen molar-refractivity contribution in [2.75, 3.05) is 19.0 Å². The fourth-order valence-electron chi connectivity index (χ4n) is 1.19. The summed E-state index contributed by atoms with van der Waals surface area (Å²) in [5, 5.41) is 11.4. The normalized spacial score (nSPS) is 12.2. The third kappa shape index (κ3) is 3.20. The van der Waals surface area contributed by atoms with Crippen LogP contribution in [0.3, 0.4) is 0 Å². The number of phenols is 1. The van der Waals surface area contributed by atoms with E-state index in [4.69, 9.17) is 9.84 Å². The summed E-state index contributed by atoms with van der Waals surface area (Å²) >= 11 is 0. The van der Waals surface area contributed by atoms with Gasteiger partial charge in [0, 0.05) is 13.2 Å². The number of carbonyl (C=O) groups is 1. The Morgan fingerprint density at radius 2 is 2.31 bits per heavy atom. The average molecular weight is 227 g/mol. The van der Waals surface area contributed by atoms with Gasteiger partial charge in [0.1, 0.15) is 11.6 Å². The summed E-state index contributed by atoms with van der Waals surface area (Å²) in [4.78, 5) is 11.5. The molecule has 0 fully saturated rings. The van der Waals surface area contributed by atoms with Crippen LogP contribution in [0.4, 0.5) is 10.1 Å². The van der Waals surface area contributed by atoms with Crippen LogP contribution in [0, 0.1) is 11.7 Å². The van der Waals surface area contributed by atoms with Crippen molar-refractivity contribution in [3.8, 4) is 5.75 Å². The Morgan fingerprint density at radius 3 is 2.88 bits per heavy atom. The van der Waals surface area contributed by atoms with Crippen molar-refractivity contribution in [3.63, 3.8) is 0 Å². The first-order valence-electron chi connectivity index (χ1n) is 4.83. The van der Waals surface area contributed by atoms with Crippen LogP contribution in [-0.4, -0.2) is 24.7 Å². The predicted molar refractivity (Wildman–Crippen MR) is 57.7 cm³/mol. The Balaban J connectivity index is 2.69. The zero-order valence-corrected chi connectivity index (χ0v) is 9.16. The van der Waals surface area contributed by atoms with E-state index in [1.54, 1.807) is 6.92 Å². The smallest absolute Gasteiger partial charge is 0.229 e. The van der Waals surface area contributed by atoms with Crippen molar-refractivity contribution >= 4 is 11.6 Å². The summed E-state index contributed by atoms with van der Waals surface area (Å²) in [5.41, 5.74) is 0.0470. The molecule has 0 unspecified atom stereocenters. The van der Waals surface area contributed by atoms with Gasteiger partial charge in [-0.15, -0.1) is 0 Å². The number of hydrogen-bond acceptors (Lipinski definition) is 3. The van der Waals surface area contributed by atoms with Crippen LogP contribution >= 0.6 is 0 Å². The number of aromatic hydroxyl groups is 1. The van der Waals surface area contributed by atoms with E-state index in [0.717, 1.165) is 6.07 Å². The average Bonchev–Trinajstić information content (AvgIpc) is 2.22. The van der Waals surface area contributed by atoms with E-state index in [2.05, 4.69) is 5.32 Å². The quantitative estimate of drug-likeness (QED) is 0.770. The lowest BCUT2D eigenvalue weighted by atomic mass is 10.2. The molecule has 0 aromatic heterocycles. The summed E-state index contributed by atoms with van der Waals surface area (Å²) in [5.74, 6) is -1.54. The molecule has 1 atom stereocenters. The minimum atomic E-state index is -0.669. The number of benzene rings is 1. The second kappa shape index (κ2) is 5.46. The van der Waals surface area contributed by atoms with Crippen molar-refractivity contribution in [2.24, 2.45) is 5.92 Å². The van der Waals surface area contributed by atoms with Crippen LogP contribution in [0.2, 0.25) is 0 Å². The zero-order valence-electron chi connectivity index (χ0n) is 9.16. The lowest BCUT2D eigenvalue weighted by Crippen LogP contribution is -2.24. The number of rotatable bonds is 4. The fourth-order valence-corrected chi connectivity index (χ4v) is 1.19. The van der Waals surface area contributed by atoms with Crippen LogP contribution < -0.4 is 5.32 Å². The standard InChI is InChI=1S/C11H14FNO3/c1-7(6-16-2)11(15)13-10-4-3-8(14)5-9(10)12/h3-5,7,14H,6H2,1-2H3,(H,13,15)/t7-/m0/s1. The first kappa shape index (κ1) is 12.4. The van der Waals surface area contributed by atoms with Crippen LogP contribution in [0.5, 0.6) is 5.75 Å². The molecule has 0 heterocycles. The van der Waals surface area contributed by atoms with E-state index in [1.807, 2.05) is 0 Å². The van der Waals surface area contributed by atoms with Gasteiger partial charge in [-0.2, -0.15) is 0 Å². The van der Waals surface area contributed by atoms with E-state index in [-0.39, 0.29) is 29.9 Å². The first-order chi connectivity index (χ1) is 7.54. The van der Waals surface area contributed by atoms with Crippen LogP contribution in [0.25, 0.3) is 0 Å². The Labute approximate surface area is 93.0 Å². The number of carbonyl (C=O) groups excluding carboxylic acids is 1. The Bertz CT molecular complexity index is 381. The number of methoxy groups -OCH3 is 1. The van der Waals surface area contributed by atoms with Gasteiger partial charge in [0.25, 0.3) is 0 Å².